The lowest BCUT2D eigenvalue weighted by molar-refractivity contribution is 0.0472. The Morgan fingerprint density at radius 1 is 1.22 bits per heavy atom. The molecule has 0 aromatic heterocycles. The monoisotopic (exact) mass is 327 g/mol. The van der Waals surface area contributed by atoms with Crippen LogP contribution in [0.25, 0.3) is 0 Å². The molecule has 23 heavy (non-hydrogen) atoms. The Labute approximate surface area is 142 Å². The second kappa shape index (κ2) is 8.34. The molecule has 1 atom stereocenters. The highest BCUT2D eigenvalue weighted by Crippen LogP contribution is 2.20. The Hall–Kier alpha value is -0.810. The van der Waals surface area contributed by atoms with Crippen molar-refractivity contribution in [3.63, 3.8) is 0 Å². The van der Waals surface area contributed by atoms with Gasteiger partial charge in [0.1, 0.15) is 0 Å². The molecule has 1 aliphatic rings. The Kier molecular flexibility index (Phi) is 7.33. The Bertz CT molecular complexity index is 367. The number of hydrogen-bond donors (Lipinski definition) is 3. The number of carbonyl (C=O) groups excluding carboxylic acids is 1. The first-order valence-corrected chi connectivity index (χ1v) is 9.01. The summed E-state index contributed by atoms with van der Waals surface area (Å²) in [6.07, 6.45) is 3.62. The zero-order valence-electron chi connectivity index (χ0n) is 15.9. The summed E-state index contributed by atoms with van der Waals surface area (Å²) >= 11 is 0. The second-order valence-electron chi connectivity index (χ2n) is 8.69. The summed E-state index contributed by atoms with van der Waals surface area (Å²) in [6.45, 7) is 15.1. The van der Waals surface area contributed by atoms with Crippen molar-refractivity contribution >= 4 is 6.03 Å². The summed E-state index contributed by atoms with van der Waals surface area (Å²) in [7, 11) is 0. The van der Waals surface area contributed by atoms with Crippen molar-refractivity contribution in [3.05, 3.63) is 0 Å². The van der Waals surface area contributed by atoms with Crippen LogP contribution in [0.15, 0.2) is 0 Å². The molecule has 0 aromatic rings. The molecule has 1 saturated heterocycles. The molecule has 0 radical (unpaired) electrons. The van der Waals surface area contributed by atoms with E-state index in [1.807, 2.05) is 0 Å². The van der Waals surface area contributed by atoms with Crippen LogP contribution in [-0.4, -0.2) is 52.9 Å². The predicted molar refractivity (Wildman–Crippen MR) is 95.6 cm³/mol. The average Bonchev–Trinajstić information content (AvgIpc) is 2.43. The molecule has 2 amide bonds. The Balaban J connectivity index is 2.27. The van der Waals surface area contributed by atoms with E-state index in [1.165, 1.54) is 0 Å². The van der Waals surface area contributed by atoms with Crippen LogP contribution in [0.2, 0.25) is 0 Å². The van der Waals surface area contributed by atoms with Gasteiger partial charge in [0.2, 0.25) is 0 Å². The van der Waals surface area contributed by atoms with Gasteiger partial charge in [0.15, 0.2) is 0 Å². The van der Waals surface area contributed by atoms with Crippen molar-refractivity contribution in [2.75, 3.05) is 19.6 Å². The van der Waals surface area contributed by atoms with Crippen LogP contribution in [-0.2, 0) is 0 Å². The molecule has 5 heteroatoms. The molecule has 1 fully saturated rings. The Morgan fingerprint density at radius 3 is 2.26 bits per heavy atom. The van der Waals surface area contributed by atoms with E-state index in [2.05, 4.69) is 50.2 Å². The average molecular weight is 328 g/mol. The molecular weight excluding hydrogens is 290 g/mol. The van der Waals surface area contributed by atoms with Gasteiger partial charge in [0.05, 0.1) is 5.60 Å². The van der Waals surface area contributed by atoms with Crippen molar-refractivity contribution in [1.29, 1.82) is 0 Å². The van der Waals surface area contributed by atoms with Crippen LogP contribution in [0, 0.1) is 5.92 Å². The highest BCUT2D eigenvalue weighted by molar-refractivity contribution is 5.74. The molecule has 0 aliphatic carbocycles. The summed E-state index contributed by atoms with van der Waals surface area (Å²) in [5, 5.41) is 16.2. The maximum absolute atomic E-state index is 12.0. The molecular formula is C18H37N3O2. The zero-order valence-corrected chi connectivity index (χ0v) is 15.9. The van der Waals surface area contributed by atoms with E-state index in [-0.39, 0.29) is 17.6 Å². The van der Waals surface area contributed by atoms with E-state index in [0.29, 0.717) is 18.9 Å². The number of nitrogens with one attached hydrogen (secondary N) is 2. The lowest BCUT2D eigenvalue weighted by atomic mass is 9.95. The van der Waals surface area contributed by atoms with Crippen LogP contribution in [0.1, 0.15) is 67.2 Å². The van der Waals surface area contributed by atoms with Gasteiger partial charge in [-0.15, -0.1) is 0 Å². The number of hydrogen-bond acceptors (Lipinski definition) is 3. The number of nitrogens with zero attached hydrogens (tertiary/aromatic N) is 1. The van der Waals surface area contributed by atoms with Gasteiger partial charge in [-0.25, -0.2) is 4.79 Å². The molecule has 1 rings (SSSR count). The van der Waals surface area contributed by atoms with Crippen LogP contribution < -0.4 is 10.6 Å². The molecule has 0 saturated carbocycles. The van der Waals surface area contributed by atoms with Gasteiger partial charge in [0, 0.05) is 31.2 Å². The SMILES string of the molecule is CC(C)CCC(C)(O)CNC(=O)NC1CCN(C(C)(C)C)CC1. The molecule has 1 unspecified atom stereocenters. The van der Waals surface area contributed by atoms with Crippen LogP contribution in [0.3, 0.4) is 0 Å². The van der Waals surface area contributed by atoms with Crippen molar-refractivity contribution in [3.8, 4) is 0 Å². The fourth-order valence-electron chi connectivity index (χ4n) is 2.89. The van der Waals surface area contributed by atoms with Crippen LogP contribution in [0.4, 0.5) is 4.79 Å². The highest BCUT2D eigenvalue weighted by Gasteiger charge is 2.28. The van der Waals surface area contributed by atoms with Gasteiger partial charge in [-0.1, -0.05) is 13.8 Å². The summed E-state index contributed by atoms with van der Waals surface area (Å²) in [5.41, 5.74) is -0.639. The summed E-state index contributed by atoms with van der Waals surface area (Å²) in [5.74, 6) is 0.559. The molecule has 0 spiro atoms. The maximum atomic E-state index is 12.0. The number of amides is 2. The topological polar surface area (TPSA) is 64.6 Å². The smallest absolute Gasteiger partial charge is 0.315 e. The molecule has 1 heterocycles. The van der Waals surface area contributed by atoms with Crippen molar-refractivity contribution in [2.45, 2.75) is 84.4 Å². The minimum Gasteiger partial charge on any atom is -0.388 e. The van der Waals surface area contributed by atoms with Gasteiger partial charge in [-0.2, -0.15) is 0 Å². The normalized spacial score (nSPS) is 20.3. The van der Waals surface area contributed by atoms with Crippen molar-refractivity contribution in [2.24, 2.45) is 5.92 Å². The number of piperidine rings is 1. The molecule has 136 valence electrons. The lowest BCUT2D eigenvalue weighted by Gasteiger charge is -2.41. The number of carbonyl (C=O) groups is 1. The van der Waals surface area contributed by atoms with Gasteiger partial charge in [-0.3, -0.25) is 4.90 Å². The van der Waals surface area contributed by atoms with E-state index in [0.717, 1.165) is 32.4 Å². The fraction of sp³-hybridized carbons (Fsp3) is 0.944. The number of urea groups is 1. The largest absolute Gasteiger partial charge is 0.388 e. The van der Waals surface area contributed by atoms with E-state index in [1.54, 1.807) is 6.92 Å². The minimum absolute atomic E-state index is 0.163. The maximum Gasteiger partial charge on any atom is 0.315 e. The van der Waals surface area contributed by atoms with Crippen molar-refractivity contribution < 1.29 is 9.90 Å². The summed E-state index contributed by atoms with van der Waals surface area (Å²) < 4.78 is 0. The van der Waals surface area contributed by atoms with E-state index < -0.39 is 5.60 Å². The van der Waals surface area contributed by atoms with Crippen molar-refractivity contribution in [1.82, 2.24) is 15.5 Å². The van der Waals surface area contributed by atoms with Crippen LogP contribution in [0.5, 0.6) is 0 Å². The number of likely N-dealkylation sites (tertiary alicyclic amines) is 1. The van der Waals surface area contributed by atoms with Gasteiger partial charge < -0.3 is 15.7 Å². The van der Waals surface area contributed by atoms with Gasteiger partial charge in [0.25, 0.3) is 0 Å². The molecule has 0 bridgehead atoms. The third-order valence-corrected chi connectivity index (χ3v) is 4.67. The van der Waals surface area contributed by atoms with Gasteiger partial charge in [-0.05, 0) is 59.3 Å². The van der Waals surface area contributed by atoms with E-state index in [4.69, 9.17) is 0 Å². The quantitative estimate of drug-likeness (QED) is 0.703. The summed E-state index contributed by atoms with van der Waals surface area (Å²) in [4.78, 5) is 14.5. The lowest BCUT2D eigenvalue weighted by Crippen LogP contribution is -2.53. The second-order valence-corrected chi connectivity index (χ2v) is 8.69. The van der Waals surface area contributed by atoms with Gasteiger partial charge >= 0.3 is 6.03 Å². The first-order valence-electron chi connectivity index (χ1n) is 9.01. The highest BCUT2D eigenvalue weighted by atomic mass is 16.3. The third-order valence-electron chi connectivity index (χ3n) is 4.67. The predicted octanol–water partition coefficient (Wildman–Crippen LogP) is 2.74. The first kappa shape index (κ1) is 20.2. The fourth-order valence-corrected chi connectivity index (χ4v) is 2.89. The minimum atomic E-state index is -0.836. The number of aliphatic hydroxyl groups is 1. The third kappa shape index (κ3) is 8.02. The molecule has 5 nitrogen and oxygen atoms in total. The molecule has 3 N–H and O–H groups in total. The standard InChI is InChI=1S/C18H37N3O2/c1-14(2)7-10-18(6,23)13-19-16(22)20-15-8-11-21(12-9-15)17(3,4)5/h14-15,23H,7-13H2,1-6H3,(H2,19,20,22). The van der Waals surface area contributed by atoms with E-state index >= 15 is 0 Å². The Morgan fingerprint density at radius 2 is 1.78 bits per heavy atom. The first-order chi connectivity index (χ1) is 10.5. The molecule has 0 aromatic carbocycles. The van der Waals surface area contributed by atoms with Crippen LogP contribution >= 0.6 is 0 Å². The summed E-state index contributed by atoms with van der Waals surface area (Å²) in [6, 6.07) is 0.0678. The number of rotatable bonds is 6. The van der Waals surface area contributed by atoms with E-state index in [9.17, 15) is 9.90 Å². The molecule has 1 aliphatic heterocycles. The zero-order chi connectivity index (χ0) is 17.7.